The molecular weight excluding hydrogens is 200 g/mol. The summed E-state index contributed by atoms with van der Waals surface area (Å²) in [6, 6.07) is 0. The van der Waals surface area contributed by atoms with E-state index in [9.17, 15) is 0 Å². The number of rotatable bonds is 5. The highest BCUT2D eigenvalue weighted by atomic mass is 32.2. The largest absolute Gasteiger partial charge is 0.159 e. The third-order valence-corrected chi connectivity index (χ3v) is 4.81. The Hall–Kier alpha value is 0.0900. The molecule has 0 bridgehead atoms. The van der Waals surface area contributed by atoms with Crippen LogP contribution in [0.3, 0.4) is 0 Å². The average molecular weight is 226 g/mol. The fourth-order valence-corrected chi connectivity index (χ4v) is 3.29. The van der Waals surface area contributed by atoms with Crippen molar-refractivity contribution in [3.63, 3.8) is 0 Å². The second-order valence-corrected chi connectivity index (χ2v) is 7.14. The standard InChI is InChI=1S/C14H26S/c1-12(14(2,3)4)8-5-6-9-13-10-7-11-15-13/h13H,1,5-11H2,2-4H3. The Morgan fingerprint density at radius 2 is 2.07 bits per heavy atom. The van der Waals surface area contributed by atoms with E-state index in [0.29, 0.717) is 5.41 Å². The van der Waals surface area contributed by atoms with Crippen molar-refractivity contribution in [2.45, 2.75) is 64.5 Å². The fraction of sp³-hybridized carbons (Fsp3) is 0.857. The summed E-state index contributed by atoms with van der Waals surface area (Å²) in [6.07, 6.45) is 8.30. The van der Waals surface area contributed by atoms with E-state index in [-0.39, 0.29) is 0 Å². The van der Waals surface area contributed by atoms with Gasteiger partial charge in [0.15, 0.2) is 0 Å². The zero-order valence-corrected chi connectivity index (χ0v) is 11.5. The van der Waals surface area contributed by atoms with Gasteiger partial charge in [-0.3, -0.25) is 0 Å². The fourth-order valence-electron chi connectivity index (χ4n) is 1.96. The Morgan fingerprint density at radius 1 is 1.33 bits per heavy atom. The molecule has 1 saturated heterocycles. The van der Waals surface area contributed by atoms with Crippen LogP contribution in [0, 0.1) is 5.41 Å². The molecule has 0 N–H and O–H groups in total. The summed E-state index contributed by atoms with van der Waals surface area (Å²) in [4.78, 5) is 0. The van der Waals surface area contributed by atoms with Crippen LogP contribution in [-0.4, -0.2) is 11.0 Å². The van der Waals surface area contributed by atoms with Gasteiger partial charge in [0, 0.05) is 5.25 Å². The normalized spacial score (nSPS) is 21.9. The van der Waals surface area contributed by atoms with E-state index >= 15 is 0 Å². The number of thioether (sulfide) groups is 1. The lowest BCUT2D eigenvalue weighted by Crippen LogP contribution is -2.08. The Balaban J connectivity index is 2.03. The molecule has 1 heterocycles. The number of hydrogen-bond acceptors (Lipinski definition) is 1. The highest BCUT2D eigenvalue weighted by Crippen LogP contribution is 2.31. The van der Waals surface area contributed by atoms with Crippen molar-refractivity contribution in [3.8, 4) is 0 Å². The summed E-state index contributed by atoms with van der Waals surface area (Å²) in [7, 11) is 0. The van der Waals surface area contributed by atoms with Crippen molar-refractivity contribution in [3.05, 3.63) is 12.2 Å². The summed E-state index contributed by atoms with van der Waals surface area (Å²) in [5.74, 6) is 1.40. The van der Waals surface area contributed by atoms with Crippen LogP contribution in [0.4, 0.5) is 0 Å². The van der Waals surface area contributed by atoms with E-state index in [0.717, 1.165) is 5.25 Å². The summed E-state index contributed by atoms with van der Waals surface area (Å²) in [5, 5.41) is 0.980. The van der Waals surface area contributed by atoms with E-state index in [4.69, 9.17) is 0 Å². The Morgan fingerprint density at radius 3 is 2.60 bits per heavy atom. The van der Waals surface area contributed by atoms with Gasteiger partial charge >= 0.3 is 0 Å². The first-order valence-corrected chi connectivity index (χ1v) is 7.35. The highest BCUT2D eigenvalue weighted by Gasteiger charge is 2.16. The van der Waals surface area contributed by atoms with E-state index < -0.39 is 0 Å². The minimum Gasteiger partial charge on any atom is -0.159 e. The molecule has 0 spiro atoms. The molecule has 0 amide bonds. The molecule has 0 aliphatic carbocycles. The van der Waals surface area contributed by atoms with Crippen LogP contribution in [0.15, 0.2) is 12.2 Å². The lowest BCUT2D eigenvalue weighted by Gasteiger charge is -2.21. The van der Waals surface area contributed by atoms with Crippen molar-refractivity contribution in [2.75, 3.05) is 5.75 Å². The zero-order valence-electron chi connectivity index (χ0n) is 10.6. The van der Waals surface area contributed by atoms with E-state index in [1.807, 2.05) is 0 Å². The van der Waals surface area contributed by atoms with E-state index in [1.54, 1.807) is 0 Å². The molecule has 0 nitrogen and oxygen atoms in total. The highest BCUT2D eigenvalue weighted by molar-refractivity contribution is 8.00. The molecule has 1 fully saturated rings. The molecule has 0 aromatic heterocycles. The second-order valence-electron chi connectivity index (χ2n) is 5.73. The first-order chi connectivity index (χ1) is 7.00. The van der Waals surface area contributed by atoms with Crippen LogP contribution in [-0.2, 0) is 0 Å². The van der Waals surface area contributed by atoms with Gasteiger partial charge in [-0.25, -0.2) is 0 Å². The predicted molar refractivity (Wildman–Crippen MR) is 72.5 cm³/mol. The van der Waals surface area contributed by atoms with E-state index in [2.05, 4.69) is 39.1 Å². The first-order valence-electron chi connectivity index (χ1n) is 6.30. The average Bonchev–Trinajstić information content (AvgIpc) is 2.63. The molecule has 1 heteroatoms. The monoisotopic (exact) mass is 226 g/mol. The molecule has 88 valence electrons. The molecule has 1 aliphatic rings. The van der Waals surface area contributed by atoms with Gasteiger partial charge in [-0.15, -0.1) is 0 Å². The van der Waals surface area contributed by atoms with Gasteiger partial charge < -0.3 is 0 Å². The maximum Gasteiger partial charge on any atom is 0.00473 e. The van der Waals surface area contributed by atoms with Gasteiger partial charge in [-0.1, -0.05) is 39.3 Å². The van der Waals surface area contributed by atoms with Crippen LogP contribution < -0.4 is 0 Å². The van der Waals surface area contributed by atoms with Crippen LogP contribution >= 0.6 is 11.8 Å². The predicted octanol–water partition coefficient (Wildman–Crippen LogP) is 5.04. The molecule has 0 saturated carbocycles. The molecule has 1 atom stereocenters. The molecule has 0 radical (unpaired) electrons. The van der Waals surface area contributed by atoms with Gasteiger partial charge in [0.05, 0.1) is 0 Å². The van der Waals surface area contributed by atoms with Gasteiger partial charge in [-0.2, -0.15) is 11.8 Å². The summed E-state index contributed by atoms with van der Waals surface area (Å²) in [6.45, 7) is 11.0. The number of unbranched alkanes of at least 4 members (excludes halogenated alkanes) is 1. The number of hydrogen-bond donors (Lipinski definition) is 0. The summed E-state index contributed by atoms with van der Waals surface area (Å²) >= 11 is 2.18. The topological polar surface area (TPSA) is 0 Å². The lowest BCUT2D eigenvalue weighted by atomic mass is 9.84. The maximum absolute atomic E-state index is 4.19. The number of allylic oxidation sites excluding steroid dienone is 1. The van der Waals surface area contributed by atoms with Crippen molar-refractivity contribution in [1.29, 1.82) is 0 Å². The van der Waals surface area contributed by atoms with Crippen molar-refractivity contribution in [1.82, 2.24) is 0 Å². The van der Waals surface area contributed by atoms with Crippen molar-refractivity contribution < 1.29 is 0 Å². The third kappa shape index (κ3) is 5.10. The second kappa shape index (κ2) is 5.98. The van der Waals surface area contributed by atoms with Gasteiger partial charge in [0.1, 0.15) is 0 Å². The summed E-state index contributed by atoms with van der Waals surface area (Å²) in [5.41, 5.74) is 1.73. The third-order valence-electron chi connectivity index (χ3n) is 3.34. The molecular formula is C14H26S. The minimum absolute atomic E-state index is 0.308. The van der Waals surface area contributed by atoms with Crippen LogP contribution in [0.25, 0.3) is 0 Å². The maximum atomic E-state index is 4.19. The van der Waals surface area contributed by atoms with Gasteiger partial charge in [0.2, 0.25) is 0 Å². The van der Waals surface area contributed by atoms with E-state index in [1.165, 1.54) is 49.9 Å². The molecule has 0 aromatic rings. The van der Waals surface area contributed by atoms with Gasteiger partial charge in [-0.05, 0) is 43.3 Å². The molecule has 15 heavy (non-hydrogen) atoms. The van der Waals surface area contributed by atoms with Crippen LogP contribution in [0.5, 0.6) is 0 Å². The van der Waals surface area contributed by atoms with Gasteiger partial charge in [0.25, 0.3) is 0 Å². The van der Waals surface area contributed by atoms with Crippen LogP contribution in [0.2, 0.25) is 0 Å². The molecule has 1 unspecified atom stereocenters. The summed E-state index contributed by atoms with van der Waals surface area (Å²) < 4.78 is 0. The van der Waals surface area contributed by atoms with Crippen molar-refractivity contribution in [2.24, 2.45) is 5.41 Å². The van der Waals surface area contributed by atoms with Crippen LogP contribution in [0.1, 0.15) is 59.3 Å². The smallest absolute Gasteiger partial charge is 0.00473 e. The molecule has 1 aliphatic heterocycles. The minimum atomic E-state index is 0.308. The quantitative estimate of drug-likeness (QED) is 0.467. The Labute approximate surface area is 99.9 Å². The van der Waals surface area contributed by atoms with Crippen molar-refractivity contribution >= 4 is 11.8 Å². The molecule has 0 aromatic carbocycles. The Kier molecular flexibility index (Phi) is 5.25. The molecule has 1 rings (SSSR count). The Bertz CT molecular complexity index is 194. The zero-order chi connectivity index (χ0) is 11.3. The first kappa shape index (κ1) is 13.2. The lowest BCUT2D eigenvalue weighted by molar-refractivity contribution is 0.473. The SMILES string of the molecule is C=C(CCCCC1CCCS1)C(C)(C)C.